The smallest absolute Gasteiger partial charge is 0.326 e. The van der Waals surface area contributed by atoms with Gasteiger partial charge in [0, 0.05) is 11.3 Å². The van der Waals surface area contributed by atoms with Gasteiger partial charge in [0.15, 0.2) is 4.80 Å². The predicted octanol–water partition coefficient (Wildman–Crippen LogP) is 4.22. The van der Waals surface area contributed by atoms with Crippen molar-refractivity contribution in [3.8, 4) is 11.5 Å². The van der Waals surface area contributed by atoms with Gasteiger partial charge in [-0.3, -0.25) is 14.3 Å². The molecule has 0 aliphatic carbocycles. The van der Waals surface area contributed by atoms with Crippen molar-refractivity contribution in [2.75, 3.05) is 25.0 Å². The zero-order valence-electron chi connectivity index (χ0n) is 21.5. The summed E-state index contributed by atoms with van der Waals surface area (Å²) in [5.41, 5.74) is 1.24. The van der Waals surface area contributed by atoms with E-state index in [4.69, 9.17) is 14.2 Å². The van der Waals surface area contributed by atoms with E-state index in [1.54, 1.807) is 29.7 Å². The summed E-state index contributed by atoms with van der Waals surface area (Å²) in [6.07, 6.45) is 0. The molecule has 12 heteroatoms. The summed E-state index contributed by atoms with van der Waals surface area (Å²) in [6.45, 7) is 4.23. The fourth-order valence-electron chi connectivity index (χ4n) is 3.69. The molecule has 3 aromatic carbocycles. The molecule has 0 atom stereocenters. The normalized spacial score (nSPS) is 11.8. The van der Waals surface area contributed by atoms with E-state index in [1.165, 1.54) is 54.8 Å². The van der Waals surface area contributed by atoms with Crippen LogP contribution in [0.4, 0.5) is 5.69 Å². The van der Waals surface area contributed by atoms with Crippen LogP contribution in [0.2, 0.25) is 0 Å². The van der Waals surface area contributed by atoms with E-state index in [9.17, 15) is 18.0 Å². The molecule has 39 heavy (non-hydrogen) atoms. The second-order valence-corrected chi connectivity index (χ2v) is 10.8. The standard InChI is InChI=1S/C27H27N3O7S2/c1-4-36-21-12-15-23-24(16-21)38-27(30(23)17-25(31)37-5-2)28-26(32)18-6-8-19(9-7-18)29-39(33,34)22-13-10-20(35-3)11-14-22/h6-16,29H,4-5,17H2,1-3H3. The number of esters is 1. The van der Waals surface area contributed by atoms with Crippen LogP contribution >= 0.6 is 11.3 Å². The topological polar surface area (TPSA) is 125 Å². The molecule has 1 amide bonds. The van der Waals surface area contributed by atoms with Crippen molar-refractivity contribution in [3.05, 3.63) is 77.1 Å². The molecule has 204 valence electrons. The van der Waals surface area contributed by atoms with E-state index < -0.39 is 21.9 Å². The first kappa shape index (κ1) is 27.9. The molecule has 0 radical (unpaired) electrons. The van der Waals surface area contributed by atoms with E-state index in [0.717, 1.165) is 4.70 Å². The minimum absolute atomic E-state index is 0.0712. The molecule has 1 aromatic heterocycles. The lowest BCUT2D eigenvalue weighted by Gasteiger charge is -2.09. The quantitative estimate of drug-likeness (QED) is 0.284. The van der Waals surface area contributed by atoms with Gasteiger partial charge in [0.1, 0.15) is 18.0 Å². The van der Waals surface area contributed by atoms with Gasteiger partial charge in [-0.1, -0.05) is 11.3 Å². The molecule has 0 aliphatic heterocycles. The number of nitrogens with one attached hydrogen (secondary N) is 1. The van der Waals surface area contributed by atoms with Crippen molar-refractivity contribution in [2.45, 2.75) is 25.3 Å². The third kappa shape index (κ3) is 6.65. The maximum Gasteiger partial charge on any atom is 0.326 e. The number of methoxy groups -OCH3 is 1. The molecule has 1 heterocycles. The summed E-state index contributed by atoms with van der Waals surface area (Å²) >= 11 is 1.25. The number of carbonyl (C=O) groups excluding carboxylic acids is 2. The fourth-order valence-corrected chi connectivity index (χ4v) is 5.80. The van der Waals surface area contributed by atoms with Gasteiger partial charge in [-0.2, -0.15) is 4.99 Å². The molecule has 10 nitrogen and oxygen atoms in total. The number of amides is 1. The van der Waals surface area contributed by atoms with E-state index >= 15 is 0 Å². The zero-order valence-corrected chi connectivity index (χ0v) is 23.2. The number of hydrogen-bond donors (Lipinski definition) is 1. The molecule has 0 saturated heterocycles. The highest BCUT2D eigenvalue weighted by Gasteiger charge is 2.16. The predicted molar refractivity (Wildman–Crippen MR) is 148 cm³/mol. The van der Waals surface area contributed by atoms with E-state index in [1.807, 2.05) is 19.1 Å². The number of aromatic nitrogens is 1. The van der Waals surface area contributed by atoms with Gasteiger partial charge in [-0.15, -0.1) is 0 Å². The van der Waals surface area contributed by atoms with Crippen LogP contribution < -0.4 is 19.0 Å². The lowest BCUT2D eigenvalue weighted by molar-refractivity contribution is -0.143. The first-order chi connectivity index (χ1) is 18.7. The number of carbonyl (C=O) groups is 2. The second kappa shape index (κ2) is 12.1. The van der Waals surface area contributed by atoms with Gasteiger partial charge in [-0.25, -0.2) is 8.42 Å². The molecular weight excluding hydrogens is 542 g/mol. The maximum absolute atomic E-state index is 13.0. The van der Waals surface area contributed by atoms with E-state index in [2.05, 4.69) is 9.71 Å². The van der Waals surface area contributed by atoms with Gasteiger partial charge in [0.05, 0.1) is 35.4 Å². The highest BCUT2D eigenvalue weighted by Crippen LogP contribution is 2.24. The molecule has 0 spiro atoms. The minimum atomic E-state index is -3.83. The molecule has 4 rings (SSSR count). The number of anilines is 1. The van der Waals surface area contributed by atoms with Crippen LogP contribution in [0.3, 0.4) is 0 Å². The van der Waals surface area contributed by atoms with E-state index in [-0.39, 0.29) is 29.3 Å². The van der Waals surface area contributed by atoms with Crippen LogP contribution in [0.5, 0.6) is 11.5 Å². The maximum atomic E-state index is 13.0. The van der Waals surface area contributed by atoms with Gasteiger partial charge >= 0.3 is 5.97 Å². The second-order valence-electron chi connectivity index (χ2n) is 8.11. The van der Waals surface area contributed by atoms with Crippen molar-refractivity contribution in [3.63, 3.8) is 0 Å². The monoisotopic (exact) mass is 569 g/mol. The lowest BCUT2D eigenvalue weighted by atomic mass is 10.2. The van der Waals surface area contributed by atoms with Crippen molar-refractivity contribution in [1.82, 2.24) is 4.57 Å². The van der Waals surface area contributed by atoms with E-state index in [0.29, 0.717) is 28.4 Å². The molecule has 0 fully saturated rings. The zero-order chi connectivity index (χ0) is 28.0. The Kier molecular flexibility index (Phi) is 8.67. The van der Waals surface area contributed by atoms with Gasteiger partial charge in [0.2, 0.25) is 0 Å². The number of hydrogen-bond acceptors (Lipinski definition) is 8. The van der Waals surface area contributed by atoms with Gasteiger partial charge < -0.3 is 18.8 Å². The number of benzene rings is 3. The third-order valence-electron chi connectivity index (χ3n) is 5.51. The van der Waals surface area contributed by atoms with Crippen LogP contribution in [0.1, 0.15) is 24.2 Å². The summed E-state index contributed by atoms with van der Waals surface area (Å²) in [5.74, 6) is 0.208. The van der Waals surface area contributed by atoms with Crippen molar-refractivity contribution in [2.24, 2.45) is 4.99 Å². The molecular formula is C27H27N3O7S2. The summed E-state index contributed by atoms with van der Waals surface area (Å²) in [6, 6.07) is 17.3. The Balaban J connectivity index is 1.61. The molecule has 0 aliphatic rings. The van der Waals surface area contributed by atoms with Crippen LogP contribution in [0.15, 0.2) is 76.6 Å². The number of thiazole rings is 1. The number of rotatable bonds is 10. The average molecular weight is 570 g/mol. The molecule has 4 aromatic rings. The number of nitrogens with zero attached hydrogens (tertiary/aromatic N) is 2. The number of fused-ring (bicyclic) bond motifs is 1. The molecule has 1 N–H and O–H groups in total. The van der Waals surface area contributed by atoms with Crippen molar-refractivity contribution in [1.29, 1.82) is 0 Å². The molecule has 0 bridgehead atoms. The first-order valence-corrected chi connectivity index (χ1v) is 14.3. The summed E-state index contributed by atoms with van der Waals surface area (Å²) in [5, 5.41) is 0. The Morgan fingerprint density at radius 2 is 1.64 bits per heavy atom. The van der Waals surface area contributed by atoms with Crippen LogP contribution in [-0.4, -0.2) is 45.2 Å². The van der Waals surface area contributed by atoms with Crippen molar-refractivity contribution < 1.29 is 32.2 Å². The Morgan fingerprint density at radius 3 is 2.28 bits per heavy atom. The van der Waals surface area contributed by atoms with Gasteiger partial charge in [-0.05, 0) is 80.6 Å². The number of sulfonamides is 1. The third-order valence-corrected chi connectivity index (χ3v) is 7.95. The van der Waals surface area contributed by atoms with Crippen LogP contribution in [0.25, 0.3) is 10.2 Å². The van der Waals surface area contributed by atoms with Gasteiger partial charge in [0.25, 0.3) is 15.9 Å². The summed E-state index contributed by atoms with van der Waals surface area (Å²) in [4.78, 5) is 30.0. The number of ether oxygens (including phenoxy) is 3. The first-order valence-electron chi connectivity index (χ1n) is 12.0. The summed E-state index contributed by atoms with van der Waals surface area (Å²) in [7, 11) is -2.34. The lowest BCUT2D eigenvalue weighted by Crippen LogP contribution is -2.23. The average Bonchev–Trinajstić information content (AvgIpc) is 3.24. The highest BCUT2D eigenvalue weighted by molar-refractivity contribution is 7.92. The Morgan fingerprint density at radius 1 is 0.949 bits per heavy atom. The highest BCUT2D eigenvalue weighted by atomic mass is 32.2. The SMILES string of the molecule is CCOC(=O)Cn1c(=NC(=O)c2ccc(NS(=O)(=O)c3ccc(OC)cc3)cc2)sc2cc(OCC)ccc21. The Hall–Kier alpha value is -4.16. The van der Waals surface area contributed by atoms with Crippen LogP contribution in [0, 0.1) is 0 Å². The minimum Gasteiger partial charge on any atom is -0.497 e. The Labute approximate surface area is 229 Å². The van der Waals surface area contributed by atoms with Crippen LogP contribution in [-0.2, 0) is 26.1 Å². The largest absolute Gasteiger partial charge is 0.497 e. The molecule has 0 unspecified atom stereocenters. The summed E-state index contributed by atoms with van der Waals surface area (Å²) < 4.78 is 46.0. The van der Waals surface area contributed by atoms with Crippen molar-refractivity contribution >= 4 is 49.1 Å². The fraction of sp³-hybridized carbons (Fsp3) is 0.222. The molecule has 0 saturated carbocycles. The Bertz CT molecular complexity index is 1660.